The summed E-state index contributed by atoms with van der Waals surface area (Å²) in [7, 11) is 0. The van der Waals surface area contributed by atoms with E-state index in [2.05, 4.69) is 22.0 Å². The van der Waals surface area contributed by atoms with Gasteiger partial charge in [-0.05, 0) is 29.2 Å². The summed E-state index contributed by atoms with van der Waals surface area (Å²) in [6.45, 7) is 0. The van der Waals surface area contributed by atoms with Crippen LogP contribution in [0.5, 0.6) is 0 Å². The van der Waals surface area contributed by atoms with Crippen LogP contribution in [0, 0.1) is 11.3 Å². The number of hydrogen-bond donors (Lipinski definition) is 1. The molecule has 0 radical (unpaired) electrons. The lowest BCUT2D eigenvalue weighted by Crippen LogP contribution is -2.29. The highest BCUT2D eigenvalue weighted by atomic mass is 79.9. The van der Waals surface area contributed by atoms with E-state index < -0.39 is 5.92 Å². The predicted octanol–water partition coefficient (Wildman–Crippen LogP) is 4.66. The lowest BCUT2D eigenvalue weighted by Gasteiger charge is -2.34. The average molecular weight is 421 g/mol. The second-order valence-corrected chi connectivity index (χ2v) is 7.67. The van der Waals surface area contributed by atoms with Gasteiger partial charge in [0.15, 0.2) is 5.78 Å². The Morgan fingerprint density at radius 2 is 1.74 bits per heavy atom. The molecule has 1 heterocycles. The molecule has 0 spiro atoms. The van der Waals surface area contributed by atoms with Crippen LogP contribution in [0.2, 0.25) is 0 Å². The zero-order chi connectivity index (χ0) is 19.0. The largest absolute Gasteiger partial charge is 0.444 e. The molecule has 0 unspecified atom stereocenters. The van der Waals surface area contributed by atoms with Crippen molar-refractivity contribution in [2.45, 2.75) is 24.7 Å². The number of benzene rings is 2. The van der Waals surface area contributed by atoms with Crippen LogP contribution in [0.1, 0.15) is 35.8 Å². The smallest absolute Gasteiger partial charge is 0.205 e. The van der Waals surface area contributed by atoms with E-state index >= 15 is 0 Å². The normalized spacial score (nSPS) is 22.1. The minimum absolute atomic E-state index is 0.0123. The molecule has 4 rings (SSSR count). The molecular formula is C22H17BrN2O2. The summed E-state index contributed by atoms with van der Waals surface area (Å²) in [6, 6.07) is 19.7. The topological polar surface area (TPSA) is 76.1 Å². The van der Waals surface area contributed by atoms with Gasteiger partial charge in [-0.2, -0.15) is 5.26 Å². The van der Waals surface area contributed by atoms with E-state index in [1.54, 1.807) is 0 Å². The van der Waals surface area contributed by atoms with Crippen molar-refractivity contribution in [2.24, 2.45) is 5.73 Å². The molecule has 1 aliphatic heterocycles. The summed E-state index contributed by atoms with van der Waals surface area (Å²) in [6.07, 6.45) is 0.995. The lowest BCUT2D eigenvalue weighted by molar-refractivity contribution is -0.117. The monoisotopic (exact) mass is 420 g/mol. The van der Waals surface area contributed by atoms with E-state index in [1.165, 1.54) is 0 Å². The fraction of sp³-hybridized carbons (Fsp3) is 0.182. The fourth-order valence-corrected chi connectivity index (χ4v) is 4.12. The van der Waals surface area contributed by atoms with Crippen molar-refractivity contribution >= 4 is 21.7 Å². The van der Waals surface area contributed by atoms with Gasteiger partial charge in [0.25, 0.3) is 0 Å². The third kappa shape index (κ3) is 3.17. The molecule has 2 atom stereocenters. The first-order valence-corrected chi connectivity index (χ1v) is 9.52. The molecule has 0 saturated carbocycles. The van der Waals surface area contributed by atoms with Gasteiger partial charge in [0.05, 0.1) is 5.92 Å². The third-order valence-electron chi connectivity index (χ3n) is 5.14. The summed E-state index contributed by atoms with van der Waals surface area (Å²) in [5.74, 6) is 0.268. The van der Waals surface area contributed by atoms with Gasteiger partial charge >= 0.3 is 0 Å². The second kappa shape index (κ2) is 7.05. The minimum Gasteiger partial charge on any atom is -0.444 e. The Bertz CT molecular complexity index is 1000. The Balaban J connectivity index is 1.79. The van der Waals surface area contributed by atoms with E-state index in [0.29, 0.717) is 29.7 Å². The zero-order valence-corrected chi connectivity index (χ0v) is 16.1. The molecule has 134 valence electrons. The molecule has 0 amide bonds. The Morgan fingerprint density at radius 1 is 1.04 bits per heavy atom. The van der Waals surface area contributed by atoms with Crippen LogP contribution in [0.4, 0.5) is 0 Å². The molecule has 0 bridgehead atoms. The molecule has 2 aromatic rings. The summed E-state index contributed by atoms with van der Waals surface area (Å²) < 4.78 is 6.71. The van der Waals surface area contributed by atoms with Gasteiger partial charge in [-0.15, -0.1) is 0 Å². The minimum atomic E-state index is -0.476. The first-order chi connectivity index (χ1) is 13.1. The molecule has 0 aromatic heterocycles. The van der Waals surface area contributed by atoms with Crippen LogP contribution in [-0.4, -0.2) is 5.78 Å². The number of ether oxygens (including phenoxy) is 1. The van der Waals surface area contributed by atoms with Crippen LogP contribution in [0.25, 0.3) is 0 Å². The van der Waals surface area contributed by atoms with E-state index in [-0.39, 0.29) is 17.6 Å². The predicted molar refractivity (Wildman–Crippen MR) is 105 cm³/mol. The number of Topliss-reactive ketones (excluding diaryl/α,β-unsaturated/α-hetero) is 1. The second-order valence-electron chi connectivity index (χ2n) is 6.75. The summed E-state index contributed by atoms with van der Waals surface area (Å²) in [4.78, 5) is 13.1. The van der Waals surface area contributed by atoms with Crippen molar-refractivity contribution in [2.75, 3.05) is 0 Å². The number of nitriles is 1. The van der Waals surface area contributed by atoms with Gasteiger partial charge in [0.1, 0.15) is 17.4 Å². The molecule has 2 aliphatic rings. The molecule has 2 aromatic carbocycles. The van der Waals surface area contributed by atoms with Crippen LogP contribution in [0.3, 0.4) is 0 Å². The van der Waals surface area contributed by atoms with Crippen molar-refractivity contribution in [1.82, 2.24) is 0 Å². The Hall–Kier alpha value is -2.84. The van der Waals surface area contributed by atoms with Crippen LogP contribution >= 0.6 is 15.9 Å². The van der Waals surface area contributed by atoms with Crippen molar-refractivity contribution in [3.05, 3.63) is 93.0 Å². The molecule has 4 nitrogen and oxygen atoms in total. The summed E-state index contributed by atoms with van der Waals surface area (Å²) in [5, 5.41) is 9.64. The molecule has 5 heteroatoms. The van der Waals surface area contributed by atoms with Crippen LogP contribution < -0.4 is 5.73 Å². The number of hydrogen-bond acceptors (Lipinski definition) is 4. The highest BCUT2D eigenvalue weighted by Gasteiger charge is 2.40. The number of carbonyl (C=O) groups is 1. The molecular weight excluding hydrogens is 404 g/mol. The first kappa shape index (κ1) is 17.6. The Labute approximate surface area is 166 Å². The maximum absolute atomic E-state index is 13.1. The number of nitrogens with zero attached hydrogens (tertiary/aromatic N) is 1. The van der Waals surface area contributed by atoms with Gasteiger partial charge < -0.3 is 10.5 Å². The molecule has 1 aliphatic carbocycles. The zero-order valence-electron chi connectivity index (χ0n) is 14.5. The quantitative estimate of drug-likeness (QED) is 0.766. The molecule has 0 fully saturated rings. The number of rotatable bonds is 2. The Morgan fingerprint density at radius 3 is 2.41 bits per heavy atom. The van der Waals surface area contributed by atoms with Gasteiger partial charge in [0.2, 0.25) is 5.88 Å². The maximum Gasteiger partial charge on any atom is 0.205 e. The van der Waals surface area contributed by atoms with E-state index in [9.17, 15) is 10.1 Å². The van der Waals surface area contributed by atoms with Crippen molar-refractivity contribution in [1.29, 1.82) is 5.26 Å². The van der Waals surface area contributed by atoms with Gasteiger partial charge in [-0.25, -0.2) is 0 Å². The fourth-order valence-electron chi connectivity index (χ4n) is 3.86. The van der Waals surface area contributed by atoms with Crippen LogP contribution in [0.15, 0.2) is 81.9 Å². The van der Waals surface area contributed by atoms with Crippen LogP contribution in [-0.2, 0) is 9.53 Å². The molecule has 27 heavy (non-hydrogen) atoms. The Kier molecular flexibility index (Phi) is 4.59. The highest BCUT2D eigenvalue weighted by molar-refractivity contribution is 9.10. The van der Waals surface area contributed by atoms with Gasteiger partial charge in [-0.1, -0.05) is 58.4 Å². The lowest BCUT2D eigenvalue weighted by atomic mass is 9.74. The SMILES string of the molecule is N#CC1=C(N)OC2=C(C(=O)C[C@H](c3ccccc3)C2)[C@H]1c1ccc(Br)cc1. The standard InChI is InChI=1S/C22H17BrN2O2/c23-16-8-6-14(7-9-16)20-17(12-24)22(25)27-19-11-15(10-18(26)21(19)20)13-4-2-1-3-5-13/h1-9,15,20H,10-11,25H2/t15-,20-/m0/s1. The van der Waals surface area contributed by atoms with Crippen molar-refractivity contribution in [3.63, 3.8) is 0 Å². The highest BCUT2D eigenvalue weighted by Crippen LogP contribution is 2.46. The maximum atomic E-state index is 13.1. The third-order valence-corrected chi connectivity index (χ3v) is 5.66. The first-order valence-electron chi connectivity index (χ1n) is 8.72. The summed E-state index contributed by atoms with van der Waals surface area (Å²) in [5.41, 5.74) is 8.89. The van der Waals surface area contributed by atoms with E-state index in [0.717, 1.165) is 15.6 Å². The number of ketones is 1. The van der Waals surface area contributed by atoms with Crippen molar-refractivity contribution in [3.8, 4) is 6.07 Å². The average Bonchev–Trinajstić information content (AvgIpc) is 2.68. The number of carbonyl (C=O) groups excluding carboxylic acids is 1. The van der Waals surface area contributed by atoms with Crippen molar-refractivity contribution < 1.29 is 9.53 Å². The van der Waals surface area contributed by atoms with Gasteiger partial charge in [-0.3, -0.25) is 4.79 Å². The number of halogens is 1. The van der Waals surface area contributed by atoms with E-state index in [4.69, 9.17) is 10.5 Å². The molecule has 2 N–H and O–H groups in total. The molecule has 0 saturated heterocycles. The number of allylic oxidation sites excluding steroid dienone is 3. The van der Waals surface area contributed by atoms with E-state index in [1.807, 2.05) is 54.6 Å². The number of nitrogens with two attached hydrogens (primary N) is 1. The van der Waals surface area contributed by atoms with Gasteiger partial charge in [0, 0.05) is 22.9 Å². The summed E-state index contributed by atoms with van der Waals surface area (Å²) >= 11 is 3.42.